The number of aliphatic imine (C=N–C) groups is 1. The van der Waals surface area contributed by atoms with Crippen LogP contribution in [-0.4, -0.2) is 50.6 Å². The minimum Gasteiger partial charge on any atom is -0.469 e. The van der Waals surface area contributed by atoms with Crippen LogP contribution in [-0.2, 0) is 9.53 Å². The zero-order valence-corrected chi connectivity index (χ0v) is 14.1. The Labute approximate surface area is 133 Å². The second-order valence-corrected chi connectivity index (χ2v) is 7.40. The van der Waals surface area contributed by atoms with E-state index in [2.05, 4.69) is 22.1 Å². The minimum atomic E-state index is -0.0982. The third kappa shape index (κ3) is 2.82. The average Bonchev–Trinajstić information content (AvgIpc) is 3.24. The van der Waals surface area contributed by atoms with Crippen LogP contribution in [0.4, 0.5) is 0 Å². The van der Waals surface area contributed by atoms with Crippen molar-refractivity contribution in [2.75, 3.05) is 33.8 Å². The lowest BCUT2D eigenvalue weighted by atomic mass is 9.65. The van der Waals surface area contributed by atoms with E-state index in [1.807, 2.05) is 7.05 Å². The van der Waals surface area contributed by atoms with Crippen LogP contribution in [0.2, 0.25) is 0 Å². The highest BCUT2D eigenvalue weighted by atomic mass is 16.5. The first kappa shape index (κ1) is 15.6. The standard InChI is InChI=1S/C17H29N3O2/c1-12-9-20(10-14(12)15(21)22-3)16(18-2)19-11-17(7-4-8-17)13-5-6-13/h12-14H,4-11H2,1-3H3,(H,18,19). The van der Waals surface area contributed by atoms with Crippen molar-refractivity contribution in [1.82, 2.24) is 10.2 Å². The molecule has 1 N–H and O–H groups in total. The van der Waals surface area contributed by atoms with E-state index in [0.717, 1.165) is 25.0 Å². The second kappa shape index (κ2) is 6.09. The van der Waals surface area contributed by atoms with Crippen molar-refractivity contribution in [2.45, 2.75) is 39.0 Å². The van der Waals surface area contributed by atoms with Crippen molar-refractivity contribution >= 4 is 11.9 Å². The minimum absolute atomic E-state index is 0.0374. The Morgan fingerprint density at radius 2 is 2.09 bits per heavy atom. The summed E-state index contributed by atoms with van der Waals surface area (Å²) in [5, 5.41) is 3.60. The molecule has 0 aromatic heterocycles. The van der Waals surface area contributed by atoms with Crippen molar-refractivity contribution in [3.05, 3.63) is 0 Å². The number of esters is 1. The van der Waals surface area contributed by atoms with Crippen molar-refractivity contribution in [1.29, 1.82) is 0 Å². The lowest BCUT2D eigenvalue weighted by molar-refractivity contribution is -0.145. The van der Waals surface area contributed by atoms with E-state index in [-0.39, 0.29) is 11.9 Å². The number of nitrogens with one attached hydrogen (secondary N) is 1. The Balaban J connectivity index is 1.57. The van der Waals surface area contributed by atoms with Gasteiger partial charge in [-0.1, -0.05) is 13.3 Å². The molecule has 2 atom stereocenters. The van der Waals surface area contributed by atoms with Crippen LogP contribution in [0, 0.1) is 23.2 Å². The number of likely N-dealkylation sites (tertiary alicyclic amines) is 1. The molecule has 3 rings (SSSR count). The molecule has 1 aliphatic heterocycles. The molecular weight excluding hydrogens is 278 g/mol. The van der Waals surface area contributed by atoms with Gasteiger partial charge < -0.3 is 15.0 Å². The lowest BCUT2D eigenvalue weighted by Crippen LogP contribution is -2.48. The number of ether oxygens (including phenoxy) is 1. The second-order valence-electron chi connectivity index (χ2n) is 7.40. The van der Waals surface area contributed by atoms with Crippen LogP contribution in [0.25, 0.3) is 0 Å². The molecule has 0 spiro atoms. The molecule has 2 saturated carbocycles. The average molecular weight is 307 g/mol. The maximum Gasteiger partial charge on any atom is 0.310 e. The highest BCUT2D eigenvalue weighted by Gasteiger charge is 2.49. The molecular formula is C17H29N3O2. The van der Waals surface area contributed by atoms with E-state index < -0.39 is 0 Å². The molecule has 22 heavy (non-hydrogen) atoms. The van der Waals surface area contributed by atoms with Crippen LogP contribution in [0.1, 0.15) is 39.0 Å². The fourth-order valence-corrected chi connectivity index (χ4v) is 4.24. The summed E-state index contributed by atoms with van der Waals surface area (Å²) in [7, 11) is 3.31. The third-order valence-electron chi connectivity index (χ3n) is 6.02. The molecule has 1 heterocycles. The van der Waals surface area contributed by atoms with Gasteiger partial charge in [0.25, 0.3) is 0 Å². The highest BCUT2D eigenvalue weighted by molar-refractivity contribution is 5.82. The van der Waals surface area contributed by atoms with Crippen LogP contribution in [0.15, 0.2) is 4.99 Å². The van der Waals surface area contributed by atoms with Gasteiger partial charge in [-0.15, -0.1) is 0 Å². The molecule has 124 valence electrons. The first-order chi connectivity index (χ1) is 10.6. The maximum atomic E-state index is 11.8. The fraction of sp³-hybridized carbons (Fsp3) is 0.882. The smallest absolute Gasteiger partial charge is 0.310 e. The molecule has 0 radical (unpaired) electrons. The molecule has 1 saturated heterocycles. The number of methoxy groups -OCH3 is 1. The van der Waals surface area contributed by atoms with Gasteiger partial charge in [-0.25, -0.2) is 0 Å². The van der Waals surface area contributed by atoms with Gasteiger partial charge in [-0.2, -0.15) is 0 Å². The largest absolute Gasteiger partial charge is 0.469 e. The summed E-state index contributed by atoms with van der Waals surface area (Å²) in [6.07, 6.45) is 6.92. The zero-order chi connectivity index (χ0) is 15.7. The van der Waals surface area contributed by atoms with Gasteiger partial charge in [0.1, 0.15) is 0 Å². The van der Waals surface area contributed by atoms with Gasteiger partial charge in [0.05, 0.1) is 13.0 Å². The molecule has 5 heteroatoms. The summed E-state index contributed by atoms with van der Waals surface area (Å²) in [6.45, 7) is 4.74. The highest BCUT2D eigenvalue weighted by Crippen LogP contribution is 2.56. The predicted octanol–water partition coefficient (Wildman–Crippen LogP) is 1.88. The van der Waals surface area contributed by atoms with Gasteiger partial charge in [0.2, 0.25) is 0 Å². The molecule has 0 amide bonds. The molecule has 0 aromatic rings. The molecule has 3 fully saturated rings. The Hall–Kier alpha value is -1.26. The van der Waals surface area contributed by atoms with Crippen molar-refractivity contribution in [3.63, 3.8) is 0 Å². The number of nitrogens with zero attached hydrogens (tertiary/aromatic N) is 2. The first-order valence-electron chi connectivity index (χ1n) is 8.63. The van der Waals surface area contributed by atoms with Gasteiger partial charge >= 0.3 is 5.97 Å². The fourth-order valence-electron chi connectivity index (χ4n) is 4.24. The van der Waals surface area contributed by atoms with Gasteiger partial charge in [-0.3, -0.25) is 9.79 Å². The molecule has 2 unspecified atom stereocenters. The number of hydrogen-bond acceptors (Lipinski definition) is 3. The number of carbonyl (C=O) groups is 1. The van der Waals surface area contributed by atoms with Crippen molar-refractivity contribution in [2.24, 2.45) is 28.2 Å². The topological polar surface area (TPSA) is 53.9 Å². The normalized spacial score (nSPS) is 30.9. The number of carbonyl (C=O) groups excluding carboxylic acids is 1. The Morgan fingerprint density at radius 1 is 1.36 bits per heavy atom. The number of guanidine groups is 1. The van der Waals surface area contributed by atoms with Crippen LogP contribution in [0.3, 0.4) is 0 Å². The van der Waals surface area contributed by atoms with Gasteiger partial charge in [0.15, 0.2) is 5.96 Å². The molecule has 2 aliphatic carbocycles. The summed E-state index contributed by atoms with van der Waals surface area (Å²) < 4.78 is 4.92. The predicted molar refractivity (Wildman–Crippen MR) is 86.6 cm³/mol. The van der Waals surface area contributed by atoms with Gasteiger partial charge in [-0.05, 0) is 42.9 Å². The lowest BCUT2D eigenvalue weighted by Gasteiger charge is -2.43. The summed E-state index contributed by atoms with van der Waals surface area (Å²) in [6, 6.07) is 0. The quantitative estimate of drug-likeness (QED) is 0.489. The maximum absolute atomic E-state index is 11.8. The summed E-state index contributed by atoms with van der Waals surface area (Å²) in [5.74, 6) is 2.06. The Bertz CT molecular complexity index is 455. The third-order valence-corrected chi connectivity index (χ3v) is 6.02. The van der Waals surface area contributed by atoms with E-state index in [4.69, 9.17) is 4.74 Å². The number of rotatable bonds is 4. The summed E-state index contributed by atoms with van der Waals surface area (Å²) in [4.78, 5) is 18.5. The van der Waals surface area contributed by atoms with Crippen LogP contribution in [0.5, 0.6) is 0 Å². The Morgan fingerprint density at radius 3 is 2.59 bits per heavy atom. The molecule has 0 aromatic carbocycles. The zero-order valence-electron chi connectivity index (χ0n) is 14.1. The monoisotopic (exact) mass is 307 g/mol. The van der Waals surface area contributed by atoms with E-state index in [0.29, 0.717) is 17.9 Å². The molecule has 3 aliphatic rings. The van der Waals surface area contributed by atoms with Crippen molar-refractivity contribution in [3.8, 4) is 0 Å². The van der Waals surface area contributed by atoms with Gasteiger partial charge in [0, 0.05) is 26.7 Å². The molecule has 5 nitrogen and oxygen atoms in total. The van der Waals surface area contributed by atoms with E-state index in [9.17, 15) is 4.79 Å². The van der Waals surface area contributed by atoms with Crippen LogP contribution >= 0.6 is 0 Å². The number of hydrogen-bond donors (Lipinski definition) is 1. The van der Waals surface area contributed by atoms with Crippen LogP contribution < -0.4 is 5.32 Å². The summed E-state index contributed by atoms with van der Waals surface area (Å²) >= 11 is 0. The Kier molecular flexibility index (Phi) is 4.33. The van der Waals surface area contributed by atoms with E-state index >= 15 is 0 Å². The van der Waals surface area contributed by atoms with E-state index in [1.54, 1.807) is 0 Å². The molecule has 0 bridgehead atoms. The summed E-state index contributed by atoms with van der Waals surface area (Å²) in [5.41, 5.74) is 0.531. The van der Waals surface area contributed by atoms with E-state index in [1.165, 1.54) is 39.2 Å². The first-order valence-corrected chi connectivity index (χ1v) is 8.63. The SMILES string of the molecule is CN=C(NCC1(C2CC2)CCC1)N1CC(C)C(C(=O)OC)C1. The van der Waals surface area contributed by atoms with Crippen molar-refractivity contribution < 1.29 is 9.53 Å².